The number of aromatic nitrogens is 1. The number of benzene rings is 1. The number of nitrogens with one attached hydrogen (secondary N) is 1. The van der Waals surface area contributed by atoms with E-state index in [1.807, 2.05) is 6.92 Å². The molecule has 1 aliphatic carbocycles. The number of carbonyl (C=O) groups is 1. The third-order valence-electron chi connectivity index (χ3n) is 4.80. The lowest BCUT2D eigenvalue weighted by Crippen LogP contribution is -2.35. The van der Waals surface area contributed by atoms with Crippen LogP contribution in [0.4, 0.5) is 10.1 Å². The summed E-state index contributed by atoms with van der Waals surface area (Å²) >= 11 is 5.78. The second-order valence-corrected chi connectivity index (χ2v) is 7.04. The topological polar surface area (TPSA) is 89.6 Å². The van der Waals surface area contributed by atoms with Crippen LogP contribution in [0.25, 0.3) is 0 Å². The largest absolute Gasteiger partial charge is 0.462 e. The molecule has 2 aliphatic rings. The smallest absolute Gasteiger partial charge is 0.283 e. The van der Waals surface area contributed by atoms with Crippen LogP contribution in [0.15, 0.2) is 41.5 Å². The molecule has 1 fully saturated rings. The van der Waals surface area contributed by atoms with Crippen molar-refractivity contribution in [1.29, 1.82) is 0 Å². The zero-order valence-electron chi connectivity index (χ0n) is 13.9. The lowest BCUT2D eigenvalue weighted by Gasteiger charge is -2.30. The Labute approximate surface area is 154 Å². The van der Waals surface area contributed by atoms with Crippen LogP contribution in [0.2, 0.25) is 5.02 Å². The number of rotatable bonds is 3. The molecule has 1 amide bonds. The van der Waals surface area contributed by atoms with E-state index in [2.05, 4.69) is 15.3 Å². The molecule has 2 aromatic rings. The van der Waals surface area contributed by atoms with Crippen molar-refractivity contribution in [2.24, 2.45) is 16.6 Å². The molecule has 0 radical (unpaired) electrons. The number of anilines is 1. The molecule has 0 saturated heterocycles. The Morgan fingerprint density at radius 2 is 2.23 bits per heavy atom. The van der Waals surface area contributed by atoms with E-state index in [4.69, 9.17) is 22.1 Å². The fraction of sp³-hybridized carbons (Fsp3) is 0.278. The zero-order chi connectivity index (χ0) is 18.5. The maximum Gasteiger partial charge on any atom is 0.283 e. The molecule has 1 aliphatic heterocycles. The van der Waals surface area contributed by atoms with Gasteiger partial charge in [0, 0.05) is 23.4 Å². The Kier molecular flexibility index (Phi) is 3.84. The van der Waals surface area contributed by atoms with E-state index in [0.717, 1.165) is 6.42 Å². The zero-order valence-corrected chi connectivity index (χ0v) is 14.6. The number of hydrogen-bond donors (Lipinski definition) is 2. The normalized spacial score (nSPS) is 26.3. The van der Waals surface area contributed by atoms with Crippen molar-refractivity contribution in [2.75, 3.05) is 5.32 Å². The number of nitrogens with two attached hydrogens (primary N) is 1. The van der Waals surface area contributed by atoms with Gasteiger partial charge in [-0.2, -0.15) is 0 Å². The Balaban J connectivity index is 1.64. The first-order chi connectivity index (χ1) is 12.4. The van der Waals surface area contributed by atoms with Gasteiger partial charge in [0.05, 0.1) is 10.6 Å². The Hall–Kier alpha value is -2.67. The average Bonchev–Trinajstić information content (AvgIpc) is 3.37. The number of aliphatic imine (C=N–C) groups is 1. The Morgan fingerprint density at radius 3 is 2.96 bits per heavy atom. The molecule has 1 saturated carbocycles. The fourth-order valence-electron chi connectivity index (χ4n) is 3.34. The molecule has 3 atom stereocenters. The summed E-state index contributed by atoms with van der Waals surface area (Å²) in [5.41, 5.74) is 5.94. The van der Waals surface area contributed by atoms with E-state index in [9.17, 15) is 9.18 Å². The molecule has 3 N–H and O–H groups in total. The summed E-state index contributed by atoms with van der Waals surface area (Å²) in [4.78, 5) is 20.6. The number of carbonyl (C=O) groups excluding carboxylic acids is 1. The molecule has 1 aromatic carbocycles. The number of fused-ring (bicyclic) bond motifs is 1. The molecule has 4 rings (SSSR count). The van der Waals surface area contributed by atoms with Crippen LogP contribution in [-0.2, 0) is 10.3 Å². The molecule has 134 valence electrons. The number of ether oxygens (including phenoxy) is 1. The van der Waals surface area contributed by atoms with E-state index in [0.29, 0.717) is 16.3 Å². The van der Waals surface area contributed by atoms with E-state index in [-0.39, 0.29) is 23.7 Å². The van der Waals surface area contributed by atoms with Crippen LogP contribution in [0.3, 0.4) is 0 Å². The van der Waals surface area contributed by atoms with Gasteiger partial charge in [0.2, 0.25) is 0 Å². The molecule has 0 unspecified atom stereocenters. The van der Waals surface area contributed by atoms with Crippen LogP contribution >= 0.6 is 11.6 Å². The number of nitrogens with zero attached hydrogens (tertiary/aromatic N) is 2. The molecule has 8 heteroatoms. The van der Waals surface area contributed by atoms with Gasteiger partial charge >= 0.3 is 0 Å². The highest BCUT2D eigenvalue weighted by Crippen LogP contribution is 2.53. The molecule has 0 bridgehead atoms. The van der Waals surface area contributed by atoms with Crippen molar-refractivity contribution in [3.63, 3.8) is 0 Å². The molecule has 26 heavy (non-hydrogen) atoms. The van der Waals surface area contributed by atoms with Gasteiger partial charge in [-0.3, -0.25) is 4.79 Å². The van der Waals surface area contributed by atoms with Crippen LogP contribution in [0.1, 0.15) is 29.4 Å². The van der Waals surface area contributed by atoms with Crippen LogP contribution in [-0.4, -0.2) is 23.0 Å². The molecular weight excluding hydrogens is 359 g/mol. The van der Waals surface area contributed by atoms with Gasteiger partial charge in [-0.1, -0.05) is 11.6 Å². The molecular formula is C18H16ClFN4O2. The lowest BCUT2D eigenvalue weighted by atomic mass is 9.86. The van der Waals surface area contributed by atoms with Gasteiger partial charge in [-0.05, 0) is 43.7 Å². The maximum absolute atomic E-state index is 14.5. The van der Waals surface area contributed by atoms with E-state index in [1.165, 1.54) is 24.4 Å². The molecule has 6 nitrogen and oxygen atoms in total. The Bertz CT molecular complexity index is 918. The van der Waals surface area contributed by atoms with Crippen LogP contribution < -0.4 is 11.1 Å². The van der Waals surface area contributed by atoms with Crippen molar-refractivity contribution >= 4 is 29.2 Å². The van der Waals surface area contributed by atoms with E-state index >= 15 is 0 Å². The molecule has 0 spiro atoms. The first kappa shape index (κ1) is 16.8. The van der Waals surface area contributed by atoms with Gasteiger partial charge in [0.25, 0.3) is 11.9 Å². The van der Waals surface area contributed by atoms with Gasteiger partial charge in [0.15, 0.2) is 0 Å². The van der Waals surface area contributed by atoms with Crippen LogP contribution in [0, 0.1) is 11.7 Å². The van der Waals surface area contributed by atoms with E-state index < -0.39 is 17.3 Å². The SMILES string of the molecule is C[C@]1(c2cc(NC(=O)c3ccc(Cl)cn3)ccc2F)N=C(N)O[C@@H]2C[C@@H]21. The summed E-state index contributed by atoms with van der Waals surface area (Å²) in [6, 6.07) is 7.54. The number of amides is 1. The molecule has 2 heterocycles. The predicted molar refractivity (Wildman–Crippen MR) is 95.6 cm³/mol. The number of halogens is 2. The Morgan fingerprint density at radius 1 is 1.42 bits per heavy atom. The van der Waals surface area contributed by atoms with Gasteiger partial charge < -0.3 is 15.8 Å². The standard InChI is InChI=1S/C18H16ClFN4O2/c1-18(12-7-15(12)26-17(21)24-18)11-6-10(3-4-13(11)20)23-16(25)14-5-2-9(19)8-22-14/h2-6,8,12,15H,7H2,1H3,(H2,21,24)(H,23,25)/t12-,15+,18+/m0/s1. The van der Waals surface area contributed by atoms with Gasteiger partial charge in [-0.25, -0.2) is 14.4 Å². The highest BCUT2D eigenvalue weighted by molar-refractivity contribution is 6.30. The molecule has 1 aromatic heterocycles. The average molecular weight is 375 g/mol. The van der Waals surface area contributed by atoms with Crippen molar-refractivity contribution < 1.29 is 13.9 Å². The minimum Gasteiger partial charge on any atom is -0.462 e. The van der Waals surface area contributed by atoms with Crippen molar-refractivity contribution in [3.05, 3.63) is 58.6 Å². The number of pyridine rings is 1. The summed E-state index contributed by atoms with van der Waals surface area (Å²) in [5.74, 6) is -0.754. The quantitative estimate of drug-likeness (QED) is 0.863. The second-order valence-electron chi connectivity index (χ2n) is 6.61. The van der Waals surface area contributed by atoms with Crippen LogP contribution in [0.5, 0.6) is 0 Å². The van der Waals surface area contributed by atoms with Crippen molar-refractivity contribution in [1.82, 2.24) is 4.98 Å². The third kappa shape index (κ3) is 2.88. The summed E-state index contributed by atoms with van der Waals surface area (Å²) in [7, 11) is 0. The first-order valence-electron chi connectivity index (χ1n) is 8.12. The number of hydrogen-bond acceptors (Lipinski definition) is 5. The van der Waals surface area contributed by atoms with Gasteiger partial charge in [-0.15, -0.1) is 0 Å². The van der Waals surface area contributed by atoms with E-state index in [1.54, 1.807) is 12.1 Å². The number of amidine groups is 1. The first-order valence-corrected chi connectivity index (χ1v) is 8.49. The predicted octanol–water partition coefficient (Wildman–Crippen LogP) is 3.08. The summed E-state index contributed by atoms with van der Waals surface area (Å²) in [6.45, 7) is 1.83. The summed E-state index contributed by atoms with van der Waals surface area (Å²) in [5, 5.41) is 3.16. The minimum absolute atomic E-state index is 0.0339. The fourth-order valence-corrected chi connectivity index (χ4v) is 3.45. The van der Waals surface area contributed by atoms with Crippen molar-refractivity contribution in [2.45, 2.75) is 25.0 Å². The van der Waals surface area contributed by atoms with Crippen molar-refractivity contribution in [3.8, 4) is 0 Å². The van der Waals surface area contributed by atoms with Gasteiger partial charge in [0.1, 0.15) is 17.6 Å². The minimum atomic E-state index is -0.823. The lowest BCUT2D eigenvalue weighted by molar-refractivity contribution is 0.102. The monoisotopic (exact) mass is 374 g/mol. The third-order valence-corrected chi connectivity index (χ3v) is 5.02. The second kappa shape index (κ2) is 5.95. The summed E-state index contributed by atoms with van der Waals surface area (Å²) in [6.07, 6.45) is 2.12. The highest BCUT2D eigenvalue weighted by atomic mass is 35.5. The highest BCUT2D eigenvalue weighted by Gasteiger charge is 2.57. The summed E-state index contributed by atoms with van der Waals surface area (Å²) < 4.78 is 19.9. The maximum atomic E-state index is 14.5.